The predicted octanol–water partition coefficient (Wildman–Crippen LogP) is 3.76. The third-order valence-electron chi connectivity index (χ3n) is 1.73. The van der Waals surface area contributed by atoms with Crippen LogP contribution in [0.5, 0.6) is 0 Å². The highest BCUT2D eigenvalue weighted by atomic mass is 17.2. The molecule has 0 atom stereocenters. The van der Waals surface area contributed by atoms with E-state index in [2.05, 4.69) is 41.0 Å². The maximum atomic E-state index is 5.39. The highest BCUT2D eigenvalue weighted by Crippen LogP contribution is 2.29. The summed E-state index contributed by atoms with van der Waals surface area (Å²) in [5.41, 5.74) is 0.0652. The van der Waals surface area contributed by atoms with E-state index in [-0.39, 0.29) is 11.0 Å². The molecule has 0 aliphatic carbocycles. The summed E-state index contributed by atoms with van der Waals surface area (Å²) in [7, 11) is 0. The minimum atomic E-state index is -0.202. The molecule has 2 heteroatoms. The van der Waals surface area contributed by atoms with Crippen LogP contribution in [0.25, 0.3) is 0 Å². The zero-order valence-electron chi connectivity index (χ0n) is 10.5. The van der Waals surface area contributed by atoms with E-state index in [1.54, 1.807) is 0 Å². The number of hydrogen-bond acceptors (Lipinski definition) is 2. The van der Waals surface area contributed by atoms with Crippen molar-refractivity contribution in [2.75, 3.05) is 6.61 Å². The van der Waals surface area contributed by atoms with E-state index >= 15 is 0 Å². The van der Waals surface area contributed by atoms with Gasteiger partial charge in [-0.1, -0.05) is 27.7 Å². The van der Waals surface area contributed by atoms with E-state index in [1.165, 1.54) is 0 Å². The minimum Gasteiger partial charge on any atom is -0.236 e. The highest BCUT2D eigenvalue weighted by molar-refractivity contribution is 4.75. The largest absolute Gasteiger partial charge is 0.236 e. The van der Waals surface area contributed by atoms with Gasteiger partial charge in [0.1, 0.15) is 0 Å². The lowest BCUT2D eigenvalue weighted by Crippen LogP contribution is -2.30. The van der Waals surface area contributed by atoms with Gasteiger partial charge in [-0.05, 0) is 38.5 Å². The van der Waals surface area contributed by atoms with Crippen LogP contribution in [0.15, 0.2) is 0 Å². The van der Waals surface area contributed by atoms with Gasteiger partial charge in [-0.25, -0.2) is 9.78 Å². The molecule has 0 rings (SSSR count). The van der Waals surface area contributed by atoms with Gasteiger partial charge >= 0.3 is 0 Å². The van der Waals surface area contributed by atoms with Gasteiger partial charge in [0.05, 0.1) is 12.2 Å². The lowest BCUT2D eigenvalue weighted by atomic mass is 9.84. The Kier molecular flexibility index (Phi) is 5.68. The van der Waals surface area contributed by atoms with Crippen LogP contribution in [0.3, 0.4) is 0 Å². The molecule has 0 unspecified atom stereocenters. The van der Waals surface area contributed by atoms with Gasteiger partial charge in [0, 0.05) is 0 Å². The molecule has 0 aromatic rings. The van der Waals surface area contributed by atoms with Crippen molar-refractivity contribution in [2.24, 2.45) is 5.41 Å². The number of unbranched alkanes of at least 4 members (excludes halogenated alkanes) is 1. The van der Waals surface area contributed by atoms with E-state index < -0.39 is 0 Å². The standard InChI is InChI=1S/C12H25O2/c1-7-8-9-13-14-12(5,6)10-11(2,3)4/h7H,8-10H2,1-6H3. The predicted molar refractivity (Wildman–Crippen MR) is 59.8 cm³/mol. The quantitative estimate of drug-likeness (QED) is 0.370. The Bertz CT molecular complexity index is 145. The second-order valence-corrected chi connectivity index (χ2v) is 5.60. The first-order chi connectivity index (χ1) is 6.27. The molecule has 0 N–H and O–H groups in total. The van der Waals surface area contributed by atoms with Crippen LogP contribution < -0.4 is 0 Å². The average molecular weight is 201 g/mol. The maximum absolute atomic E-state index is 5.39. The fourth-order valence-electron chi connectivity index (χ4n) is 1.67. The van der Waals surface area contributed by atoms with Gasteiger partial charge < -0.3 is 0 Å². The summed E-state index contributed by atoms with van der Waals surface area (Å²) in [6.45, 7) is 13.4. The second kappa shape index (κ2) is 5.72. The molecule has 0 aromatic carbocycles. The first kappa shape index (κ1) is 13.9. The molecule has 85 valence electrons. The van der Waals surface area contributed by atoms with Crippen molar-refractivity contribution in [2.45, 2.75) is 60.0 Å². The molecule has 0 aliphatic rings. The van der Waals surface area contributed by atoms with Crippen LogP contribution in [0, 0.1) is 11.8 Å². The lowest BCUT2D eigenvalue weighted by molar-refractivity contribution is -0.357. The van der Waals surface area contributed by atoms with Gasteiger partial charge in [-0.15, -0.1) is 0 Å². The first-order valence-electron chi connectivity index (χ1n) is 5.35. The molecule has 0 saturated carbocycles. The molecule has 0 aliphatic heterocycles. The molecular weight excluding hydrogens is 176 g/mol. The first-order valence-corrected chi connectivity index (χ1v) is 5.35. The summed E-state index contributed by atoms with van der Waals surface area (Å²) >= 11 is 0. The maximum Gasteiger partial charge on any atom is 0.0985 e. The molecule has 0 saturated heterocycles. The zero-order valence-corrected chi connectivity index (χ0v) is 10.5. The van der Waals surface area contributed by atoms with E-state index in [0.717, 1.165) is 12.8 Å². The van der Waals surface area contributed by atoms with Crippen LogP contribution in [0.2, 0.25) is 0 Å². The molecule has 0 aromatic heterocycles. The third-order valence-corrected chi connectivity index (χ3v) is 1.73. The fraction of sp³-hybridized carbons (Fsp3) is 0.917. The Morgan fingerprint density at radius 2 is 1.64 bits per heavy atom. The topological polar surface area (TPSA) is 18.5 Å². The van der Waals surface area contributed by atoms with Gasteiger partial charge in [0.2, 0.25) is 0 Å². The molecular formula is C12H25O2. The molecule has 0 bridgehead atoms. The number of rotatable bonds is 6. The fourth-order valence-corrected chi connectivity index (χ4v) is 1.67. The Morgan fingerprint density at radius 3 is 2.07 bits per heavy atom. The molecule has 0 amide bonds. The van der Waals surface area contributed by atoms with Crippen LogP contribution in [-0.4, -0.2) is 12.2 Å². The highest BCUT2D eigenvalue weighted by Gasteiger charge is 2.27. The average Bonchev–Trinajstić information content (AvgIpc) is 1.93. The Hall–Kier alpha value is -0.0800. The van der Waals surface area contributed by atoms with Gasteiger partial charge in [0.25, 0.3) is 0 Å². The van der Waals surface area contributed by atoms with Crippen LogP contribution in [0.4, 0.5) is 0 Å². The summed E-state index contributed by atoms with van der Waals surface area (Å²) in [6, 6.07) is 0. The van der Waals surface area contributed by atoms with Gasteiger partial charge in [-0.2, -0.15) is 0 Å². The summed E-state index contributed by atoms with van der Waals surface area (Å²) < 4.78 is 0. The Morgan fingerprint density at radius 1 is 1.07 bits per heavy atom. The van der Waals surface area contributed by atoms with Crippen molar-refractivity contribution in [3.05, 3.63) is 6.42 Å². The van der Waals surface area contributed by atoms with Crippen molar-refractivity contribution in [1.29, 1.82) is 0 Å². The van der Waals surface area contributed by atoms with Crippen molar-refractivity contribution in [3.63, 3.8) is 0 Å². The van der Waals surface area contributed by atoms with E-state index in [4.69, 9.17) is 9.78 Å². The molecule has 1 radical (unpaired) electrons. The molecule has 2 nitrogen and oxygen atoms in total. The van der Waals surface area contributed by atoms with Crippen molar-refractivity contribution in [3.8, 4) is 0 Å². The monoisotopic (exact) mass is 201 g/mol. The van der Waals surface area contributed by atoms with Crippen molar-refractivity contribution in [1.82, 2.24) is 0 Å². The Balaban J connectivity index is 3.72. The van der Waals surface area contributed by atoms with Crippen molar-refractivity contribution < 1.29 is 9.78 Å². The van der Waals surface area contributed by atoms with Crippen LogP contribution >= 0.6 is 0 Å². The van der Waals surface area contributed by atoms with Gasteiger partial charge in [0.15, 0.2) is 0 Å². The second-order valence-electron chi connectivity index (χ2n) is 5.60. The summed E-state index contributed by atoms with van der Waals surface area (Å²) in [6.07, 6.45) is 3.99. The zero-order chi connectivity index (χ0) is 11.2. The third kappa shape index (κ3) is 8.52. The van der Waals surface area contributed by atoms with Crippen LogP contribution in [0.1, 0.15) is 54.4 Å². The normalized spacial score (nSPS) is 13.3. The summed E-state index contributed by atoms with van der Waals surface area (Å²) in [4.78, 5) is 10.5. The molecule has 14 heavy (non-hydrogen) atoms. The van der Waals surface area contributed by atoms with E-state index in [0.29, 0.717) is 6.61 Å². The molecule has 0 heterocycles. The SMILES string of the molecule is C[CH]CCOOC(C)(C)CC(C)(C)C. The van der Waals surface area contributed by atoms with E-state index in [9.17, 15) is 0 Å². The smallest absolute Gasteiger partial charge is 0.0985 e. The lowest BCUT2D eigenvalue weighted by Gasteiger charge is -2.30. The van der Waals surface area contributed by atoms with Gasteiger partial charge in [-0.3, -0.25) is 0 Å². The summed E-state index contributed by atoms with van der Waals surface area (Å²) in [5.74, 6) is 0. The molecule has 0 spiro atoms. The van der Waals surface area contributed by atoms with Crippen molar-refractivity contribution >= 4 is 0 Å². The molecule has 0 fully saturated rings. The Labute approximate surface area is 88.9 Å². The summed E-state index contributed by atoms with van der Waals surface area (Å²) in [5, 5.41) is 0. The van der Waals surface area contributed by atoms with E-state index in [1.807, 2.05) is 6.92 Å². The van der Waals surface area contributed by atoms with Crippen LogP contribution in [-0.2, 0) is 9.78 Å². The minimum absolute atomic E-state index is 0.202. The number of hydrogen-bond donors (Lipinski definition) is 0.